The van der Waals surface area contributed by atoms with Crippen molar-refractivity contribution < 1.29 is 14.6 Å². The summed E-state index contributed by atoms with van der Waals surface area (Å²) in [5, 5.41) is 13.4. The minimum Gasteiger partial charge on any atom is -0.493 e. The van der Waals surface area contributed by atoms with Gasteiger partial charge >= 0.3 is 0 Å². The van der Waals surface area contributed by atoms with Crippen molar-refractivity contribution >= 4 is 5.91 Å². The molecule has 0 saturated heterocycles. The van der Waals surface area contributed by atoms with Crippen LogP contribution in [0, 0.1) is 12.8 Å². The molecule has 1 aromatic carbocycles. The number of rotatable bonds is 2. The summed E-state index contributed by atoms with van der Waals surface area (Å²) in [6, 6.07) is 5.49. The fourth-order valence-electron chi connectivity index (χ4n) is 2.57. The van der Waals surface area contributed by atoms with Crippen molar-refractivity contribution in [3.8, 4) is 5.75 Å². The Morgan fingerprint density at radius 1 is 1.37 bits per heavy atom. The first-order valence-corrected chi connectivity index (χ1v) is 6.87. The van der Waals surface area contributed by atoms with Gasteiger partial charge in [-0.2, -0.15) is 0 Å². The molecule has 19 heavy (non-hydrogen) atoms. The summed E-state index contributed by atoms with van der Waals surface area (Å²) >= 11 is 0. The van der Waals surface area contributed by atoms with Gasteiger partial charge in [0.15, 0.2) is 0 Å². The Hall–Kier alpha value is -1.55. The molecule has 0 aromatic heterocycles. The highest BCUT2D eigenvalue weighted by Gasteiger charge is 2.34. The first-order chi connectivity index (χ1) is 9.16. The number of carbonyl (C=O) groups excluding carboxylic acids is 1. The van der Waals surface area contributed by atoms with Crippen molar-refractivity contribution in [3.63, 3.8) is 0 Å². The average molecular weight is 261 g/mol. The fourth-order valence-corrected chi connectivity index (χ4v) is 2.57. The van der Waals surface area contributed by atoms with Crippen molar-refractivity contribution in [3.05, 3.63) is 29.3 Å². The van der Waals surface area contributed by atoms with Crippen LogP contribution in [0.3, 0.4) is 0 Å². The van der Waals surface area contributed by atoms with Crippen LogP contribution in [0.25, 0.3) is 0 Å². The molecule has 1 aliphatic carbocycles. The number of para-hydroxylation sites is 1. The molecule has 2 atom stereocenters. The molecule has 1 aromatic rings. The van der Waals surface area contributed by atoms with Crippen LogP contribution in [0.4, 0.5) is 0 Å². The van der Waals surface area contributed by atoms with Gasteiger partial charge in [0.25, 0.3) is 0 Å². The molecule has 1 amide bonds. The number of aryl methyl sites for hydroxylation is 1. The standard InChI is InChI=1S/C15H19NO3/c1-9-3-2-4-11-13(17)12(7-8-19-14(9)11)16-15(18)10-5-6-10/h2-4,10,12-13,17H,5-8H2,1H3,(H,16,18). The van der Waals surface area contributed by atoms with E-state index in [9.17, 15) is 9.90 Å². The Labute approximate surface area is 112 Å². The molecule has 3 rings (SSSR count). The number of amides is 1. The lowest BCUT2D eigenvalue weighted by molar-refractivity contribution is -0.124. The zero-order chi connectivity index (χ0) is 13.4. The van der Waals surface area contributed by atoms with E-state index in [4.69, 9.17) is 4.74 Å². The molecule has 1 saturated carbocycles. The van der Waals surface area contributed by atoms with Crippen molar-refractivity contribution in [2.24, 2.45) is 5.92 Å². The summed E-state index contributed by atoms with van der Waals surface area (Å²) in [7, 11) is 0. The Balaban J connectivity index is 1.82. The minimum atomic E-state index is -0.694. The van der Waals surface area contributed by atoms with Gasteiger partial charge in [-0.1, -0.05) is 18.2 Å². The number of hydrogen-bond donors (Lipinski definition) is 2. The minimum absolute atomic E-state index is 0.0696. The highest BCUT2D eigenvalue weighted by molar-refractivity contribution is 5.81. The van der Waals surface area contributed by atoms with Crippen molar-refractivity contribution in [1.82, 2.24) is 5.32 Å². The third-order valence-electron chi connectivity index (χ3n) is 3.89. The largest absolute Gasteiger partial charge is 0.493 e. The van der Waals surface area contributed by atoms with E-state index in [1.165, 1.54) is 0 Å². The molecule has 4 nitrogen and oxygen atoms in total. The number of aliphatic hydroxyl groups is 1. The number of fused-ring (bicyclic) bond motifs is 1. The van der Waals surface area contributed by atoms with E-state index in [1.54, 1.807) is 0 Å². The fraction of sp³-hybridized carbons (Fsp3) is 0.533. The first kappa shape index (κ1) is 12.5. The Bertz CT molecular complexity index is 496. The Morgan fingerprint density at radius 3 is 2.89 bits per heavy atom. The predicted molar refractivity (Wildman–Crippen MR) is 70.9 cm³/mol. The lowest BCUT2D eigenvalue weighted by Crippen LogP contribution is -2.40. The van der Waals surface area contributed by atoms with E-state index in [-0.39, 0.29) is 17.9 Å². The molecule has 0 spiro atoms. The average Bonchev–Trinajstić information content (AvgIpc) is 3.21. The maximum Gasteiger partial charge on any atom is 0.223 e. The maximum absolute atomic E-state index is 11.8. The Morgan fingerprint density at radius 2 is 2.16 bits per heavy atom. The molecule has 1 heterocycles. The monoisotopic (exact) mass is 261 g/mol. The van der Waals surface area contributed by atoms with Crippen LogP contribution in [0.15, 0.2) is 18.2 Å². The summed E-state index contributed by atoms with van der Waals surface area (Å²) in [4.78, 5) is 11.8. The van der Waals surface area contributed by atoms with Gasteiger partial charge in [0.05, 0.1) is 12.6 Å². The predicted octanol–water partition coefficient (Wildman–Crippen LogP) is 1.71. The molecule has 2 N–H and O–H groups in total. The smallest absolute Gasteiger partial charge is 0.223 e. The van der Waals surface area contributed by atoms with Gasteiger partial charge in [-0.15, -0.1) is 0 Å². The Kier molecular flexibility index (Phi) is 3.19. The number of aliphatic hydroxyl groups excluding tert-OH is 1. The van der Waals surface area contributed by atoms with Crippen LogP contribution in [0.5, 0.6) is 5.75 Å². The number of carbonyl (C=O) groups is 1. The number of nitrogens with one attached hydrogen (secondary N) is 1. The van der Waals surface area contributed by atoms with Gasteiger partial charge in [-0.25, -0.2) is 0 Å². The van der Waals surface area contributed by atoms with Gasteiger partial charge in [-0.05, 0) is 25.3 Å². The lowest BCUT2D eigenvalue weighted by atomic mass is 9.98. The number of ether oxygens (including phenoxy) is 1. The second kappa shape index (κ2) is 4.85. The number of benzene rings is 1. The van der Waals surface area contributed by atoms with Crippen molar-refractivity contribution in [1.29, 1.82) is 0 Å². The van der Waals surface area contributed by atoms with Gasteiger partial charge < -0.3 is 15.2 Å². The molecule has 2 aliphatic rings. The van der Waals surface area contributed by atoms with E-state index in [1.807, 2.05) is 25.1 Å². The van der Waals surface area contributed by atoms with Crippen LogP contribution in [0.2, 0.25) is 0 Å². The SMILES string of the molecule is Cc1cccc2c1OCCC(NC(=O)C1CC1)C2O. The molecule has 2 unspecified atom stereocenters. The van der Waals surface area contributed by atoms with Crippen LogP contribution in [0.1, 0.15) is 36.5 Å². The highest BCUT2D eigenvalue weighted by atomic mass is 16.5. The molecule has 102 valence electrons. The van der Waals surface area contributed by atoms with E-state index in [0.29, 0.717) is 13.0 Å². The van der Waals surface area contributed by atoms with Crippen LogP contribution >= 0.6 is 0 Å². The third-order valence-corrected chi connectivity index (χ3v) is 3.89. The molecule has 4 heteroatoms. The molecular formula is C15H19NO3. The quantitative estimate of drug-likeness (QED) is 0.852. The maximum atomic E-state index is 11.8. The van der Waals surface area contributed by atoms with E-state index >= 15 is 0 Å². The van der Waals surface area contributed by atoms with Crippen LogP contribution < -0.4 is 10.1 Å². The van der Waals surface area contributed by atoms with Crippen LogP contribution in [-0.4, -0.2) is 23.7 Å². The lowest BCUT2D eigenvalue weighted by Gasteiger charge is -2.22. The van der Waals surface area contributed by atoms with Crippen molar-refractivity contribution in [2.45, 2.75) is 38.3 Å². The van der Waals surface area contributed by atoms with Gasteiger partial charge in [0.2, 0.25) is 5.91 Å². The number of hydrogen-bond acceptors (Lipinski definition) is 3. The molecule has 1 aliphatic heterocycles. The topological polar surface area (TPSA) is 58.6 Å². The van der Waals surface area contributed by atoms with E-state index in [0.717, 1.165) is 29.7 Å². The van der Waals surface area contributed by atoms with Crippen LogP contribution in [-0.2, 0) is 4.79 Å². The first-order valence-electron chi connectivity index (χ1n) is 6.87. The molecule has 0 radical (unpaired) electrons. The summed E-state index contributed by atoms with van der Waals surface area (Å²) in [5.74, 6) is 0.992. The van der Waals surface area contributed by atoms with Crippen molar-refractivity contribution in [2.75, 3.05) is 6.61 Å². The summed E-state index contributed by atoms with van der Waals surface area (Å²) in [6.07, 6.45) is 1.88. The zero-order valence-corrected chi connectivity index (χ0v) is 11.1. The zero-order valence-electron chi connectivity index (χ0n) is 11.1. The third kappa shape index (κ3) is 2.45. The summed E-state index contributed by atoms with van der Waals surface area (Å²) < 4.78 is 5.73. The molecular weight excluding hydrogens is 242 g/mol. The molecule has 1 fully saturated rings. The normalized spacial score (nSPS) is 26.0. The highest BCUT2D eigenvalue weighted by Crippen LogP contribution is 2.35. The van der Waals surface area contributed by atoms with Gasteiger partial charge in [0.1, 0.15) is 11.9 Å². The van der Waals surface area contributed by atoms with Gasteiger partial charge in [-0.3, -0.25) is 4.79 Å². The van der Waals surface area contributed by atoms with E-state index < -0.39 is 6.10 Å². The molecule has 0 bridgehead atoms. The van der Waals surface area contributed by atoms with E-state index in [2.05, 4.69) is 5.32 Å². The second-order valence-electron chi connectivity index (χ2n) is 5.46. The summed E-state index contributed by atoms with van der Waals surface area (Å²) in [6.45, 7) is 2.49. The second-order valence-corrected chi connectivity index (χ2v) is 5.46. The van der Waals surface area contributed by atoms with Gasteiger partial charge in [0, 0.05) is 17.9 Å². The summed E-state index contributed by atoms with van der Waals surface area (Å²) in [5.41, 5.74) is 1.80.